The molecule has 2 aromatic rings. The molecular formula is C15H20N4OS. The first-order valence-electron chi connectivity index (χ1n) is 6.85. The number of nitrogens with one attached hydrogen (secondary N) is 2. The molecule has 2 heterocycles. The molecule has 0 bridgehead atoms. The van der Waals surface area contributed by atoms with E-state index in [2.05, 4.69) is 46.8 Å². The Morgan fingerprint density at radius 3 is 2.62 bits per heavy atom. The number of amides is 2. The highest BCUT2D eigenvalue weighted by molar-refractivity contribution is 7.09. The van der Waals surface area contributed by atoms with Gasteiger partial charge in [-0.1, -0.05) is 20.8 Å². The Labute approximate surface area is 128 Å². The molecule has 0 aliphatic carbocycles. The van der Waals surface area contributed by atoms with E-state index in [9.17, 15) is 4.79 Å². The van der Waals surface area contributed by atoms with Crippen LogP contribution in [0.2, 0.25) is 0 Å². The topological polar surface area (TPSA) is 66.9 Å². The Morgan fingerprint density at radius 2 is 2.00 bits per heavy atom. The minimum Gasteiger partial charge on any atom is -0.337 e. The molecule has 2 aromatic heterocycles. The number of pyridine rings is 1. The van der Waals surface area contributed by atoms with Crippen molar-refractivity contribution in [3.8, 4) is 0 Å². The van der Waals surface area contributed by atoms with Crippen LogP contribution < -0.4 is 10.6 Å². The van der Waals surface area contributed by atoms with Gasteiger partial charge in [-0.25, -0.2) is 9.78 Å². The zero-order valence-corrected chi connectivity index (χ0v) is 13.3. The number of carbonyl (C=O) groups is 1. The fraction of sp³-hybridized carbons (Fsp3) is 0.400. The van der Waals surface area contributed by atoms with Gasteiger partial charge >= 0.3 is 6.03 Å². The lowest BCUT2D eigenvalue weighted by molar-refractivity contribution is 0.252. The van der Waals surface area contributed by atoms with Crippen molar-refractivity contribution in [1.82, 2.24) is 15.3 Å². The molecule has 0 aliphatic heterocycles. The molecule has 0 atom stereocenters. The van der Waals surface area contributed by atoms with Gasteiger partial charge in [0.2, 0.25) is 0 Å². The van der Waals surface area contributed by atoms with Gasteiger partial charge in [-0.15, -0.1) is 11.3 Å². The van der Waals surface area contributed by atoms with E-state index < -0.39 is 0 Å². The minimum absolute atomic E-state index is 0.0703. The number of hydrogen-bond donors (Lipinski definition) is 2. The quantitative estimate of drug-likeness (QED) is 0.911. The minimum atomic E-state index is -0.214. The van der Waals surface area contributed by atoms with Crippen LogP contribution in [0.15, 0.2) is 29.9 Å². The lowest BCUT2D eigenvalue weighted by atomic mass is 9.93. The first-order valence-corrected chi connectivity index (χ1v) is 7.73. The number of nitrogens with zero attached hydrogens (tertiary/aromatic N) is 2. The molecule has 2 amide bonds. The van der Waals surface area contributed by atoms with Crippen molar-refractivity contribution in [3.05, 3.63) is 40.6 Å². The van der Waals surface area contributed by atoms with Gasteiger partial charge < -0.3 is 10.6 Å². The molecule has 0 saturated heterocycles. The molecule has 0 radical (unpaired) electrons. The van der Waals surface area contributed by atoms with E-state index in [0.29, 0.717) is 6.54 Å². The molecule has 0 fully saturated rings. The monoisotopic (exact) mass is 304 g/mol. The number of aromatic nitrogens is 2. The molecule has 0 spiro atoms. The standard InChI is InChI=1S/C15H20N4OS/c1-15(2,3)12-10-21-13(19-12)6-9-17-14(20)18-11-4-7-16-8-5-11/h4-5,7-8,10H,6,9H2,1-3H3,(H2,16,17,18,20). The smallest absolute Gasteiger partial charge is 0.319 e. The third-order valence-electron chi connectivity index (χ3n) is 2.88. The lowest BCUT2D eigenvalue weighted by Crippen LogP contribution is -2.30. The number of rotatable bonds is 4. The second-order valence-electron chi connectivity index (χ2n) is 5.74. The SMILES string of the molecule is CC(C)(C)c1csc(CCNC(=O)Nc2ccncc2)n1. The van der Waals surface area contributed by atoms with Gasteiger partial charge in [-0.05, 0) is 12.1 Å². The highest BCUT2D eigenvalue weighted by Gasteiger charge is 2.17. The highest BCUT2D eigenvalue weighted by atomic mass is 32.1. The van der Waals surface area contributed by atoms with E-state index in [1.165, 1.54) is 0 Å². The summed E-state index contributed by atoms with van der Waals surface area (Å²) < 4.78 is 0. The Balaban J connectivity index is 1.77. The summed E-state index contributed by atoms with van der Waals surface area (Å²) in [5.74, 6) is 0. The van der Waals surface area contributed by atoms with Gasteiger partial charge in [-0.3, -0.25) is 4.98 Å². The van der Waals surface area contributed by atoms with E-state index >= 15 is 0 Å². The van der Waals surface area contributed by atoms with E-state index in [-0.39, 0.29) is 11.4 Å². The highest BCUT2D eigenvalue weighted by Crippen LogP contribution is 2.23. The van der Waals surface area contributed by atoms with Gasteiger partial charge in [0, 0.05) is 41.8 Å². The zero-order valence-electron chi connectivity index (χ0n) is 12.5. The number of hydrogen-bond acceptors (Lipinski definition) is 4. The third kappa shape index (κ3) is 4.82. The summed E-state index contributed by atoms with van der Waals surface area (Å²) in [7, 11) is 0. The van der Waals surface area contributed by atoms with Gasteiger partial charge in [0.1, 0.15) is 0 Å². The molecule has 0 unspecified atom stereocenters. The van der Waals surface area contributed by atoms with Crippen molar-refractivity contribution in [1.29, 1.82) is 0 Å². The molecule has 6 heteroatoms. The number of anilines is 1. The van der Waals surface area contributed by atoms with E-state index in [4.69, 9.17) is 0 Å². The Hall–Kier alpha value is -1.95. The molecule has 112 valence electrons. The maximum absolute atomic E-state index is 11.7. The average Bonchev–Trinajstić information content (AvgIpc) is 2.88. The zero-order chi connectivity index (χ0) is 15.3. The largest absolute Gasteiger partial charge is 0.337 e. The fourth-order valence-corrected chi connectivity index (χ4v) is 2.69. The Morgan fingerprint density at radius 1 is 1.29 bits per heavy atom. The van der Waals surface area contributed by atoms with Crippen molar-refractivity contribution in [2.24, 2.45) is 0 Å². The predicted octanol–water partition coefficient (Wildman–Crippen LogP) is 3.20. The van der Waals surface area contributed by atoms with Crippen LogP contribution in [0, 0.1) is 0 Å². The average molecular weight is 304 g/mol. The first kappa shape index (κ1) is 15.4. The fourth-order valence-electron chi connectivity index (χ4n) is 1.66. The van der Waals surface area contributed by atoms with Crippen molar-refractivity contribution in [2.75, 3.05) is 11.9 Å². The predicted molar refractivity (Wildman–Crippen MR) is 85.8 cm³/mol. The van der Waals surface area contributed by atoms with Gasteiger partial charge in [0.25, 0.3) is 0 Å². The molecule has 21 heavy (non-hydrogen) atoms. The van der Waals surface area contributed by atoms with E-state index in [1.807, 2.05) is 0 Å². The molecule has 2 N–H and O–H groups in total. The summed E-state index contributed by atoms with van der Waals surface area (Å²) in [5.41, 5.74) is 1.90. The van der Waals surface area contributed by atoms with Gasteiger partial charge in [0.15, 0.2) is 0 Å². The van der Waals surface area contributed by atoms with Crippen LogP contribution in [0.25, 0.3) is 0 Å². The van der Waals surface area contributed by atoms with Crippen LogP contribution in [-0.4, -0.2) is 22.5 Å². The third-order valence-corrected chi connectivity index (χ3v) is 3.79. The van der Waals surface area contributed by atoms with Crippen LogP contribution in [0.3, 0.4) is 0 Å². The summed E-state index contributed by atoms with van der Waals surface area (Å²) in [6.07, 6.45) is 4.02. The molecule has 0 aromatic carbocycles. The van der Waals surface area contributed by atoms with Crippen molar-refractivity contribution >= 4 is 23.1 Å². The van der Waals surface area contributed by atoms with Crippen LogP contribution in [0.5, 0.6) is 0 Å². The summed E-state index contributed by atoms with van der Waals surface area (Å²) in [6, 6.07) is 3.28. The van der Waals surface area contributed by atoms with Crippen LogP contribution in [0.1, 0.15) is 31.5 Å². The van der Waals surface area contributed by atoms with Crippen molar-refractivity contribution < 1.29 is 4.79 Å². The van der Waals surface area contributed by atoms with Crippen LogP contribution in [-0.2, 0) is 11.8 Å². The molecule has 2 rings (SSSR count). The summed E-state index contributed by atoms with van der Waals surface area (Å²) in [6.45, 7) is 7.00. The normalized spacial score (nSPS) is 11.2. The number of thiazole rings is 1. The van der Waals surface area contributed by atoms with Crippen LogP contribution in [0.4, 0.5) is 10.5 Å². The summed E-state index contributed by atoms with van der Waals surface area (Å²) >= 11 is 1.64. The maximum Gasteiger partial charge on any atom is 0.319 e. The Bertz CT molecular complexity index is 589. The van der Waals surface area contributed by atoms with Gasteiger partial charge in [0.05, 0.1) is 10.7 Å². The molecular weight excluding hydrogens is 284 g/mol. The first-order chi connectivity index (χ1) is 9.95. The number of carbonyl (C=O) groups excluding carboxylic acids is 1. The van der Waals surface area contributed by atoms with Gasteiger partial charge in [-0.2, -0.15) is 0 Å². The summed E-state index contributed by atoms with van der Waals surface area (Å²) in [4.78, 5) is 20.2. The molecule has 5 nitrogen and oxygen atoms in total. The second kappa shape index (κ2) is 6.67. The van der Waals surface area contributed by atoms with Crippen molar-refractivity contribution in [3.63, 3.8) is 0 Å². The lowest BCUT2D eigenvalue weighted by Gasteiger charge is -2.14. The molecule has 0 aliphatic rings. The maximum atomic E-state index is 11.7. The molecule has 0 saturated carbocycles. The number of urea groups is 1. The summed E-state index contributed by atoms with van der Waals surface area (Å²) in [5, 5.41) is 8.71. The van der Waals surface area contributed by atoms with Crippen LogP contribution >= 0.6 is 11.3 Å². The van der Waals surface area contributed by atoms with E-state index in [1.54, 1.807) is 35.9 Å². The van der Waals surface area contributed by atoms with Crippen molar-refractivity contribution in [2.45, 2.75) is 32.6 Å². The van der Waals surface area contributed by atoms with E-state index in [0.717, 1.165) is 22.8 Å². The second-order valence-corrected chi connectivity index (χ2v) is 6.69. The Kier molecular flexibility index (Phi) is 4.90.